The molecule has 1 aliphatic carbocycles. The third kappa shape index (κ3) is 5.18. The number of nitrogens with one attached hydrogen (secondary N) is 1. The Kier molecular flexibility index (Phi) is 5.41. The van der Waals surface area contributed by atoms with Crippen LogP contribution in [0.4, 0.5) is 22.0 Å². The number of rotatable bonds is 6. The molecule has 0 aliphatic heterocycles. The molecule has 0 radical (unpaired) electrons. The highest BCUT2D eigenvalue weighted by atomic mass is 32.1. The van der Waals surface area contributed by atoms with Crippen LogP contribution in [-0.4, -0.2) is 18.7 Å². The molecule has 3 rings (SSSR count). The highest BCUT2D eigenvalue weighted by molar-refractivity contribution is 7.13. The number of halogens is 5. The topological polar surface area (TPSA) is 38.3 Å². The van der Waals surface area contributed by atoms with Gasteiger partial charge in [-0.05, 0) is 49.1 Å². The summed E-state index contributed by atoms with van der Waals surface area (Å²) in [4.78, 5) is 13.0. The summed E-state index contributed by atoms with van der Waals surface area (Å²) in [5, 5.41) is 2.89. The van der Waals surface area contributed by atoms with E-state index in [2.05, 4.69) is 10.1 Å². The van der Waals surface area contributed by atoms with E-state index in [0.29, 0.717) is 16.9 Å². The number of ether oxygens (including phenoxy) is 1. The monoisotopic (exact) mass is 405 g/mol. The number of benzene rings is 1. The van der Waals surface area contributed by atoms with E-state index >= 15 is 0 Å². The lowest BCUT2D eigenvalue weighted by Gasteiger charge is -2.12. The Bertz CT molecular complexity index is 815. The first-order valence-electron chi connectivity index (χ1n) is 8.18. The van der Waals surface area contributed by atoms with Crippen LogP contribution in [0.3, 0.4) is 0 Å². The van der Waals surface area contributed by atoms with Crippen molar-refractivity contribution in [3.63, 3.8) is 0 Å². The number of hydrogen-bond donors (Lipinski definition) is 1. The van der Waals surface area contributed by atoms with Crippen molar-refractivity contribution in [2.24, 2.45) is 5.92 Å². The standard InChI is InChI=1S/C18H16F5NO2S/c1-9(15-2-3-16(27-15)26-8-18(21,22)23)24-17(25)14-7-13(14)10-4-11(19)6-12(20)5-10/h2-6,9,13-14H,7-8H2,1H3,(H,24,25)/t9-,13?,14?/m1/s1. The average molecular weight is 405 g/mol. The van der Waals surface area contributed by atoms with Crippen LogP contribution < -0.4 is 10.1 Å². The second-order valence-electron chi connectivity index (χ2n) is 6.44. The molecule has 146 valence electrons. The maximum absolute atomic E-state index is 13.3. The minimum Gasteiger partial charge on any atom is -0.475 e. The van der Waals surface area contributed by atoms with Gasteiger partial charge in [0.05, 0.1) is 6.04 Å². The quantitative estimate of drug-likeness (QED) is 0.691. The smallest absolute Gasteiger partial charge is 0.422 e. The van der Waals surface area contributed by atoms with Gasteiger partial charge < -0.3 is 10.1 Å². The van der Waals surface area contributed by atoms with Crippen LogP contribution in [0.1, 0.15) is 35.7 Å². The zero-order valence-corrected chi connectivity index (χ0v) is 15.0. The fourth-order valence-electron chi connectivity index (χ4n) is 2.83. The second-order valence-corrected chi connectivity index (χ2v) is 7.52. The summed E-state index contributed by atoms with van der Waals surface area (Å²) in [6.45, 7) is 0.332. The van der Waals surface area contributed by atoms with Crippen molar-refractivity contribution in [1.82, 2.24) is 5.32 Å². The number of carbonyl (C=O) groups is 1. The van der Waals surface area contributed by atoms with Crippen molar-refractivity contribution in [2.75, 3.05) is 6.61 Å². The van der Waals surface area contributed by atoms with Gasteiger partial charge in [0.15, 0.2) is 11.7 Å². The molecule has 27 heavy (non-hydrogen) atoms. The van der Waals surface area contributed by atoms with E-state index in [4.69, 9.17) is 0 Å². The summed E-state index contributed by atoms with van der Waals surface area (Å²) in [5.41, 5.74) is 0.444. The van der Waals surface area contributed by atoms with Gasteiger partial charge in [-0.3, -0.25) is 4.79 Å². The predicted octanol–water partition coefficient (Wildman–Crippen LogP) is 4.95. The SMILES string of the molecule is C[C@@H](NC(=O)C1CC1c1cc(F)cc(F)c1)c1ccc(OCC(F)(F)F)s1. The summed E-state index contributed by atoms with van der Waals surface area (Å²) in [7, 11) is 0. The van der Waals surface area contributed by atoms with Gasteiger partial charge in [0, 0.05) is 16.9 Å². The summed E-state index contributed by atoms with van der Waals surface area (Å²) >= 11 is 1.02. The lowest BCUT2D eigenvalue weighted by Crippen LogP contribution is -2.27. The molecule has 1 amide bonds. The number of thiophene rings is 1. The van der Waals surface area contributed by atoms with Crippen LogP contribution in [-0.2, 0) is 4.79 Å². The molecule has 0 spiro atoms. The molecule has 1 aromatic heterocycles. The molecule has 2 aromatic rings. The molecule has 0 saturated heterocycles. The van der Waals surface area contributed by atoms with Gasteiger partial charge in [-0.15, -0.1) is 11.3 Å². The van der Waals surface area contributed by atoms with Crippen molar-refractivity contribution in [3.05, 3.63) is 52.4 Å². The number of carbonyl (C=O) groups excluding carboxylic acids is 1. The van der Waals surface area contributed by atoms with Crippen LogP contribution in [0.15, 0.2) is 30.3 Å². The Labute approximate surface area is 156 Å². The lowest BCUT2D eigenvalue weighted by molar-refractivity contribution is -0.152. The Morgan fingerprint density at radius 1 is 1.26 bits per heavy atom. The molecule has 0 bridgehead atoms. The van der Waals surface area contributed by atoms with E-state index in [1.807, 2.05) is 0 Å². The van der Waals surface area contributed by atoms with Crippen molar-refractivity contribution in [2.45, 2.75) is 31.5 Å². The highest BCUT2D eigenvalue weighted by Crippen LogP contribution is 2.48. The molecule has 1 saturated carbocycles. The molecule has 3 nitrogen and oxygen atoms in total. The highest BCUT2D eigenvalue weighted by Gasteiger charge is 2.44. The van der Waals surface area contributed by atoms with Gasteiger partial charge in [-0.25, -0.2) is 8.78 Å². The first-order valence-corrected chi connectivity index (χ1v) is 8.99. The fourth-order valence-corrected chi connectivity index (χ4v) is 3.69. The average Bonchev–Trinajstić information content (AvgIpc) is 3.21. The molecule has 1 N–H and O–H groups in total. The minimum absolute atomic E-state index is 0.114. The molecular formula is C18H16F5NO2S. The van der Waals surface area contributed by atoms with Crippen molar-refractivity contribution in [1.29, 1.82) is 0 Å². The van der Waals surface area contributed by atoms with Gasteiger partial charge in [0.25, 0.3) is 0 Å². The molecular weight excluding hydrogens is 389 g/mol. The van der Waals surface area contributed by atoms with Crippen LogP contribution in [0.25, 0.3) is 0 Å². The van der Waals surface area contributed by atoms with Gasteiger partial charge in [-0.1, -0.05) is 0 Å². The van der Waals surface area contributed by atoms with Crippen LogP contribution in [0, 0.1) is 17.6 Å². The first kappa shape index (κ1) is 19.6. The van der Waals surface area contributed by atoms with Crippen LogP contribution in [0.5, 0.6) is 5.06 Å². The Balaban J connectivity index is 1.55. The predicted molar refractivity (Wildman–Crippen MR) is 89.6 cm³/mol. The van der Waals surface area contributed by atoms with E-state index < -0.39 is 30.5 Å². The largest absolute Gasteiger partial charge is 0.475 e. The second kappa shape index (κ2) is 7.46. The first-order chi connectivity index (χ1) is 12.6. The van der Waals surface area contributed by atoms with Crippen LogP contribution in [0.2, 0.25) is 0 Å². The summed E-state index contributed by atoms with van der Waals surface area (Å²) in [6, 6.07) is 5.80. The van der Waals surface area contributed by atoms with Gasteiger partial charge in [0.1, 0.15) is 11.6 Å². The third-order valence-electron chi connectivity index (χ3n) is 4.21. The van der Waals surface area contributed by atoms with Gasteiger partial charge in [-0.2, -0.15) is 13.2 Å². The Morgan fingerprint density at radius 3 is 2.56 bits per heavy atom. The molecule has 1 aliphatic rings. The molecule has 1 fully saturated rings. The molecule has 1 aromatic carbocycles. The fraction of sp³-hybridized carbons (Fsp3) is 0.389. The lowest BCUT2D eigenvalue weighted by atomic mass is 10.1. The van der Waals surface area contributed by atoms with Gasteiger partial charge >= 0.3 is 6.18 Å². The molecule has 3 atom stereocenters. The molecule has 1 heterocycles. The summed E-state index contributed by atoms with van der Waals surface area (Å²) in [6.07, 6.45) is -3.92. The van der Waals surface area contributed by atoms with E-state index in [1.54, 1.807) is 13.0 Å². The van der Waals surface area contributed by atoms with E-state index in [-0.39, 0.29) is 22.8 Å². The maximum atomic E-state index is 13.3. The Morgan fingerprint density at radius 2 is 1.93 bits per heavy atom. The maximum Gasteiger partial charge on any atom is 0.422 e. The molecule has 9 heteroatoms. The number of amides is 1. The van der Waals surface area contributed by atoms with Crippen LogP contribution >= 0.6 is 11.3 Å². The van der Waals surface area contributed by atoms with E-state index in [0.717, 1.165) is 17.4 Å². The van der Waals surface area contributed by atoms with E-state index in [1.165, 1.54) is 18.2 Å². The van der Waals surface area contributed by atoms with Crippen molar-refractivity contribution < 1.29 is 31.5 Å². The zero-order valence-electron chi connectivity index (χ0n) is 14.1. The molecule has 2 unspecified atom stereocenters. The van der Waals surface area contributed by atoms with Crippen molar-refractivity contribution in [3.8, 4) is 5.06 Å². The van der Waals surface area contributed by atoms with E-state index in [9.17, 15) is 26.7 Å². The summed E-state index contributed by atoms with van der Waals surface area (Å²) < 4.78 is 67.8. The zero-order chi connectivity index (χ0) is 19.8. The summed E-state index contributed by atoms with van der Waals surface area (Å²) in [5.74, 6) is -2.25. The third-order valence-corrected chi connectivity index (χ3v) is 5.39. The normalized spacial score (nSPS) is 20.2. The Hall–Kier alpha value is -2.16. The van der Waals surface area contributed by atoms with Crippen molar-refractivity contribution >= 4 is 17.2 Å². The minimum atomic E-state index is -4.42. The number of hydrogen-bond acceptors (Lipinski definition) is 3. The number of alkyl halides is 3. The van der Waals surface area contributed by atoms with Gasteiger partial charge in [0.2, 0.25) is 5.91 Å².